The maximum absolute atomic E-state index is 12.4. The van der Waals surface area contributed by atoms with Crippen LogP contribution in [0.15, 0.2) is 24.3 Å². The molecule has 3 nitrogen and oxygen atoms in total. The molecule has 1 aromatic heterocycles. The van der Waals surface area contributed by atoms with E-state index >= 15 is 0 Å². The largest absolute Gasteiger partial charge is 0.288 e. The first-order chi connectivity index (χ1) is 8.63. The van der Waals surface area contributed by atoms with E-state index in [1.807, 2.05) is 38.1 Å². The summed E-state index contributed by atoms with van der Waals surface area (Å²) in [5.41, 5.74) is 2.69. The second-order valence-corrected chi connectivity index (χ2v) is 5.28. The molecule has 0 bridgehead atoms. The molecule has 0 radical (unpaired) electrons. The molecule has 0 amide bonds. The molecular weight excluding hydrogens is 244 g/mol. The fourth-order valence-corrected chi connectivity index (χ4v) is 2.58. The molecule has 2 rings (SSSR count). The van der Waals surface area contributed by atoms with Crippen LogP contribution in [0.1, 0.15) is 53.2 Å². The van der Waals surface area contributed by atoms with Crippen molar-refractivity contribution in [2.75, 3.05) is 0 Å². The quantitative estimate of drug-likeness (QED) is 0.791. The van der Waals surface area contributed by atoms with Gasteiger partial charge in [0.1, 0.15) is 4.88 Å². The van der Waals surface area contributed by atoms with Crippen LogP contribution in [0.2, 0.25) is 0 Å². The van der Waals surface area contributed by atoms with Gasteiger partial charge in [0.15, 0.2) is 0 Å². The SMILES string of the molecule is CCc1cccc(C(=O)c2snnc2C(C)C)c1. The van der Waals surface area contributed by atoms with E-state index in [0.29, 0.717) is 4.88 Å². The Morgan fingerprint density at radius 1 is 1.39 bits per heavy atom. The van der Waals surface area contributed by atoms with E-state index in [1.165, 1.54) is 17.1 Å². The third kappa shape index (κ3) is 2.48. The average Bonchev–Trinajstić information content (AvgIpc) is 2.87. The number of aryl methyl sites for hydroxylation is 1. The molecule has 0 N–H and O–H groups in total. The van der Waals surface area contributed by atoms with Gasteiger partial charge in [0.05, 0.1) is 5.69 Å². The fraction of sp³-hybridized carbons (Fsp3) is 0.357. The molecule has 0 saturated heterocycles. The lowest BCUT2D eigenvalue weighted by Crippen LogP contribution is -2.04. The van der Waals surface area contributed by atoms with Crippen LogP contribution in [0.4, 0.5) is 0 Å². The monoisotopic (exact) mass is 260 g/mol. The van der Waals surface area contributed by atoms with Crippen LogP contribution in [0.5, 0.6) is 0 Å². The van der Waals surface area contributed by atoms with Gasteiger partial charge >= 0.3 is 0 Å². The Morgan fingerprint density at radius 2 is 2.17 bits per heavy atom. The molecule has 0 aliphatic carbocycles. The van der Waals surface area contributed by atoms with Crippen molar-refractivity contribution in [1.82, 2.24) is 9.59 Å². The van der Waals surface area contributed by atoms with Crippen molar-refractivity contribution in [3.05, 3.63) is 46.0 Å². The minimum Gasteiger partial charge on any atom is -0.288 e. The summed E-state index contributed by atoms with van der Waals surface area (Å²) >= 11 is 1.18. The number of aromatic nitrogens is 2. The average molecular weight is 260 g/mol. The number of benzene rings is 1. The first-order valence-electron chi connectivity index (χ1n) is 6.09. The van der Waals surface area contributed by atoms with Crippen LogP contribution in [0.3, 0.4) is 0 Å². The summed E-state index contributed by atoms with van der Waals surface area (Å²) in [5.74, 6) is 0.251. The van der Waals surface area contributed by atoms with Gasteiger partial charge in [-0.2, -0.15) is 0 Å². The van der Waals surface area contributed by atoms with Crippen molar-refractivity contribution in [2.24, 2.45) is 0 Å². The number of ketones is 1. The summed E-state index contributed by atoms with van der Waals surface area (Å²) < 4.78 is 3.90. The Kier molecular flexibility index (Phi) is 3.87. The Labute approximate surface area is 111 Å². The third-order valence-electron chi connectivity index (χ3n) is 2.86. The summed E-state index contributed by atoms with van der Waals surface area (Å²) in [6, 6.07) is 7.76. The highest BCUT2D eigenvalue weighted by Crippen LogP contribution is 2.23. The van der Waals surface area contributed by atoms with Gasteiger partial charge < -0.3 is 0 Å². The molecule has 2 aromatic rings. The van der Waals surface area contributed by atoms with Crippen molar-refractivity contribution in [3.63, 3.8) is 0 Å². The van der Waals surface area contributed by atoms with E-state index in [1.54, 1.807) is 0 Å². The molecule has 0 unspecified atom stereocenters. The fourth-order valence-electron chi connectivity index (χ4n) is 1.80. The molecule has 0 aliphatic rings. The van der Waals surface area contributed by atoms with Crippen molar-refractivity contribution < 1.29 is 4.79 Å². The third-order valence-corrected chi connectivity index (χ3v) is 3.60. The van der Waals surface area contributed by atoms with Gasteiger partial charge in [-0.15, -0.1) is 5.10 Å². The first-order valence-corrected chi connectivity index (χ1v) is 6.86. The molecule has 0 saturated carbocycles. The van der Waals surface area contributed by atoms with E-state index in [4.69, 9.17) is 0 Å². The van der Waals surface area contributed by atoms with Crippen molar-refractivity contribution in [1.29, 1.82) is 0 Å². The Morgan fingerprint density at radius 3 is 2.83 bits per heavy atom. The van der Waals surface area contributed by atoms with Gasteiger partial charge in [0, 0.05) is 5.56 Å². The predicted molar refractivity (Wildman–Crippen MR) is 73.3 cm³/mol. The van der Waals surface area contributed by atoms with Crippen LogP contribution < -0.4 is 0 Å². The van der Waals surface area contributed by atoms with Gasteiger partial charge in [-0.25, -0.2) is 0 Å². The maximum Gasteiger partial charge on any atom is 0.206 e. The second kappa shape index (κ2) is 5.40. The van der Waals surface area contributed by atoms with E-state index in [9.17, 15) is 4.79 Å². The minimum absolute atomic E-state index is 0.0315. The van der Waals surface area contributed by atoms with E-state index in [2.05, 4.69) is 16.5 Å². The molecule has 0 atom stereocenters. The summed E-state index contributed by atoms with van der Waals surface area (Å²) in [7, 11) is 0. The highest BCUT2D eigenvalue weighted by molar-refractivity contribution is 7.08. The maximum atomic E-state index is 12.4. The van der Waals surface area contributed by atoms with Crippen LogP contribution in [0, 0.1) is 0 Å². The summed E-state index contributed by atoms with van der Waals surface area (Å²) in [6.07, 6.45) is 0.930. The minimum atomic E-state index is 0.0315. The van der Waals surface area contributed by atoms with E-state index in [0.717, 1.165) is 17.7 Å². The highest BCUT2D eigenvalue weighted by Gasteiger charge is 2.19. The molecule has 1 heterocycles. The zero-order valence-corrected chi connectivity index (χ0v) is 11.6. The van der Waals surface area contributed by atoms with Crippen LogP contribution in [0.25, 0.3) is 0 Å². The Bertz CT molecular complexity index is 560. The van der Waals surface area contributed by atoms with E-state index < -0.39 is 0 Å². The molecule has 4 heteroatoms. The van der Waals surface area contributed by atoms with Gasteiger partial charge in [-0.1, -0.05) is 43.5 Å². The molecule has 0 aliphatic heterocycles. The van der Waals surface area contributed by atoms with E-state index in [-0.39, 0.29) is 11.7 Å². The molecule has 18 heavy (non-hydrogen) atoms. The first kappa shape index (κ1) is 12.9. The predicted octanol–water partition coefficient (Wildman–Crippen LogP) is 3.45. The molecule has 94 valence electrons. The van der Waals surface area contributed by atoms with Gasteiger partial charge in [-0.05, 0) is 35.5 Å². The second-order valence-electron chi connectivity index (χ2n) is 4.53. The molecular formula is C14H16N2OS. The lowest BCUT2D eigenvalue weighted by molar-refractivity contribution is 0.104. The molecule has 0 fully saturated rings. The molecule has 0 spiro atoms. The normalized spacial score (nSPS) is 10.9. The van der Waals surface area contributed by atoms with Gasteiger partial charge in [-0.3, -0.25) is 4.79 Å². The lowest BCUT2D eigenvalue weighted by Gasteiger charge is -2.04. The highest BCUT2D eigenvalue weighted by atomic mass is 32.1. The number of hydrogen-bond acceptors (Lipinski definition) is 4. The molecule has 1 aromatic carbocycles. The van der Waals surface area contributed by atoms with Crippen LogP contribution >= 0.6 is 11.5 Å². The Balaban J connectivity index is 2.38. The number of nitrogens with zero attached hydrogens (tertiary/aromatic N) is 2. The summed E-state index contributed by atoms with van der Waals surface area (Å²) in [5, 5.41) is 4.05. The topological polar surface area (TPSA) is 42.9 Å². The van der Waals surface area contributed by atoms with Crippen molar-refractivity contribution >= 4 is 17.3 Å². The standard InChI is InChI=1S/C14H16N2OS/c1-4-10-6-5-7-11(8-10)13(17)14-12(9(2)3)15-16-18-14/h5-9H,4H2,1-3H3. The Hall–Kier alpha value is -1.55. The zero-order chi connectivity index (χ0) is 13.1. The number of hydrogen-bond donors (Lipinski definition) is 0. The van der Waals surface area contributed by atoms with Crippen molar-refractivity contribution in [3.8, 4) is 0 Å². The summed E-state index contributed by atoms with van der Waals surface area (Å²) in [4.78, 5) is 13.1. The van der Waals surface area contributed by atoms with Crippen LogP contribution in [-0.2, 0) is 6.42 Å². The van der Waals surface area contributed by atoms with Gasteiger partial charge in [0.25, 0.3) is 0 Å². The van der Waals surface area contributed by atoms with Crippen LogP contribution in [-0.4, -0.2) is 15.4 Å². The number of carbonyl (C=O) groups excluding carboxylic acids is 1. The zero-order valence-electron chi connectivity index (χ0n) is 10.8. The lowest BCUT2D eigenvalue weighted by atomic mass is 10.0. The summed E-state index contributed by atoms with van der Waals surface area (Å²) in [6.45, 7) is 6.13. The smallest absolute Gasteiger partial charge is 0.206 e. The van der Waals surface area contributed by atoms with Crippen molar-refractivity contribution in [2.45, 2.75) is 33.1 Å². The van der Waals surface area contributed by atoms with Gasteiger partial charge in [0.2, 0.25) is 5.78 Å². The number of carbonyl (C=O) groups is 1. The number of rotatable bonds is 4.